The van der Waals surface area contributed by atoms with E-state index in [4.69, 9.17) is 4.42 Å². The zero-order chi connectivity index (χ0) is 13.7. The van der Waals surface area contributed by atoms with Gasteiger partial charge in [0.2, 0.25) is 0 Å². The van der Waals surface area contributed by atoms with Crippen LogP contribution in [-0.2, 0) is 0 Å². The Hall–Kier alpha value is -0.760. The standard InChI is InChI=1S/C18H27NO/c1-3-19-17(16-5-4-12(2)20-16)18-9-13-6-14(10-18)8-15(7-13)11-18/h4-5,13-15,17,19H,3,6-11H2,1-2H3. The molecule has 1 atom stereocenters. The van der Waals surface area contributed by atoms with Gasteiger partial charge in [-0.05, 0) is 87.3 Å². The quantitative estimate of drug-likeness (QED) is 0.876. The Balaban J connectivity index is 1.68. The lowest BCUT2D eigenvalue weighted by Crippen LogP contribution is -2.51. The van der Waals surface area contributed by atoms with E-state index in [-0.39, 0.29) is 0 Å². The molecule has 5 rings (SSSR count). The van der Waals surface area contributed by atoms with Gasteiger partial charge in [0.15, 0.2) is 0 Å². The molecule has 4 saturated carbocycles. The molecule has 110 valence electrons. The third kappa shape index (κ3) is 1.95. The molecule has 4 aliphatic rings. The molecule has 4 fully saturated rings. The molecule has 0 saturated heterocycles. The van der Waals surface area contributed by atoms with E-state index in [2.05, 4.69) is 31.3 Å². The lowest BCUT2D eigenvalue weighted by atomic mass is 9.47. The molecule has 0 aromatic carbocycles. The van der Waals surface area contributed by atoms with Crippen LogP contribution in [-0.4, -0.2) is 6.54 Å². The minimum atomic E-state index is 0.439. The van der Waals surface area contributed by atoms with Crippen LogP contribution in [0.3, 0.4) is 0 Å². The van der Waals surface area contributed by atoms with Gasteiger partial charge in [0.05, 0.1) is 6.04 Å². The molecule has 1 aromatic rings. The summed E-state index contributed by atoms with van der Waals surface area (Å²) in [5.74, 6) is 5.23. The van der Waals surface area contributed by atoms with Crippen LogP contribution < -0.4 is 5.32 Å². The third-order valence-corrected chi connectivity index (χ3v) is 6.15. The van der Waals surface area contributed by atoms with Crippen molar-refractivity contribution in [2.45, 2.75) is 58.4 Å². The van der Waals surface area contributed by atoms with E-state index < -0.39 is 0 Å². The van der Waals surface area contributed by atoms with Gasteiger partial charge in [0, 0.05) is 0 Å². The molecule has 20 heavy (non-hydrogen) atoms. The van der Waals surface area contributed by atoms with Gasteiger partial charge in [0.25, 0.3) is 0 Å². The first kappa shape index (κ1) is 12.9. The van der Waals surface area contributed by atoms with Gasteiger partial charge in [-0.15, -0.1) is 0 Å². The van der Waals surface area contributed by atoms with Crippen LogP contribution in [0.1, 0.15) is 63.0 Å². The van der Waals surface area contributed by atoms with E-state index >= 15 is 0 Å². The summed E-state index contributed by atoms with van der Waals surface area (Å²) in [6.07, 6.45) is 8.81. The molecule has 2 nitrogen and oxygen atoms in total. The molecule has 1 heterocycles. The van der Waals surface area contributed by atoms with E-state index in [0.717, 1.165) is 30.1 Å². The Labute approximate surface area is 122 Å². The summed E-state index contributed by atoms with van der Waals surface area (Å²) in [5, 5.41) is 3.78. The molecule has 2 heteroatoms. The molecular weight excluding hydrogens is 246 g/mol. The fraction of sp³-hybridized carbons (Fsp3) is 0.778. The normalized spacial score (nSPS) is 40.2. The average molecular weight is 273 g/mol. The Morgan fingerprint density at radius 3 is 2.20 bits per heavy atom. The monoisotopic (exact) mass is 273 g/mol. The number of hydrogen-bond acceptors (Lipinski definition) is 2. The zero-order valence-electron chi connectivity index (χ0n) is 12.8. The van der Waals surface area contributed by atoms with E-state index in [1.807, 2.05) is 0 Å². The van der Waals surface area contributed by atoms with Crippen molar-refractivity contribution < 1.29 is 4.42 Å². The van der Waals surface area contributed by atoms with Crippen LogP contribution in [0.4, 0.5) is 0 Å². The number of nitrogens with one attached hydrogen (secondary N) is 1. The summed E-state index contributed by atoms with van der Waals surface area (Å²) in [4.78, 5) is 0. The van der Waals surface area contributed by atoms with Crippen LogP contribution in [0.5, 0.6) is 0 Å². The second kappa shape index (κ2) is 4.62. The molecule has 1 N–H and O–H groups in total. The van der Waals surface area contributed by atoms with Crippen molar-refractivity contribution in [2.24, 2.45) is 23.2 Å². The Bertz CT molecular complexity index is 454. The highest BCUT2D eigenvalue weighted by molar-refractivity contribution is 5.17. The van der Waals surface area contributed by atoms with Gasteiger partial charge in [-0.25, -0.2) is 0 Å². The first-order valence-electron chi connectivity index (χ1n) is 8.48. The van der Waals surface area contributed by atoms with Crippen molar-refractivity contribution >= 4 is 0 Å². The highest BCUT2D eigenvalue weighted by Crippen LogP contribution is 2.64. The molecule has 1 unspecified atom stereocenters. The van der Waals surface area contributed by atoms with Crippen molar-refractivity contribution in [3.8, 4) is 0 Å². The number of aryl methyl sites for hydroxylation is 1. The summed E-state index contributed by atoms with van der Waals surface area (Å²) >= 11 is 0. The molecule has 4 aliphatic carbocycles. The van der Waals surface area contributed by atoms with Crippen molar-refractivity contribution in [2.75, 3.05) is 6.54 Å². The minimum absolute atomic E-state index is 0.439. The van der Waals surface area contributed by atoms with E-state index in [0.29, 0.717) is 11.5 Å². The Morgan fingerprint density at radius 2 is 1.75 bits per heavy atom. The summed E-state index contributed by atoms with van der Waals surface area (Å²) in [7, 11) is 0. The maximum Gasteiger partial charge on any atom is 0.121 e. The Kier molecular flexibility index (Phi) is 2.99. The van der Waals surface area contributed by atoms with Crippen molar-refractivity contribution in [3.63, 3.8) is 0 Å². The molecule has 0 aliphatic heterocycles. The summed E-state index contributed by atoms with van der Waals surface area (Å²) in [6, 6.07) is 4.77. The van der Waals surface area contributed by atoms with E-state index in [1.165, 1.54) is 44.3 Å². The van der Waals surface area contributed by atoms with Gasteiger partial charge in [0.1, 0.15) is 11.5 Å². The summed E-state index contributed by atoms with van der Waals surface area (Å²) in [5.41, 5.74) is 0.481. The van der Waals surface area contributed by atoms with E-state index in [1.54, 1.807) is 0 Å². The van der Waals surface area contributed by atoms with Gasteiger partial charge in [-0.2, -0.15) is 0 Å². The minimum Gasteiger partial charge on any atom is -0.465 e. The largest absolute Gasteiger partial charge is 0.465 e. The van der Waals surface area contributed by atoms with Crippen LogP contribution in [0.2, 0.25) is 0 Å². The molecule has 0 radical (unpaired) electrons. The van der Waals surface area contributed by atoms with Gasteiger partial charge < -0.3 is 9.73 Å². The van der Waals surface area contributed by atoms with Crippen LogP contribution >= 0.6 is 0 Å². The van der Waals surface area contributed by atoms with Crippen LogP contribution in [0.25, 0.3) is 0 Å². The number of furan rings is 1. The molecule has 0 spiro atoms. The SMILES string of the molecule is CCNC(c1ccc(C)o1)C12CC3CC(CC(C3)C1)C2. The smallest absolute Gasteiger partial charge is 0.121 e. The zero-order valence-corrected chi connectivity index (χ0v) is 12.8. The molecule has 0 amide bonds. The predicted octanol–water partition coefficient (Wildman–Crippen LogP) is 4.46. The van der Waals surface area contributed by atoms with Gasteiger partial charge in [-0.3, -0.25) is 0 Å². The van der Waals surface area contributed by atoms with Gasteiger partial charge in [-0.1, -0.05) is 6.92 Å². The first-order valence-corrected chi connectivity index (χ1v) is 8.48. The number of hydrogen-bond donors (Lipinski definition) is 1. The highest BCUT2D eigenvalue weighted by Gasteiger charge is 2.54. The fourth-order valence-corrected chi connectivity index (χ4v) is 5.96. The topological polar surface area (TPSA) is 25.2 Å². The number of rotatable bonds is 4. The van der Waals surface area contributed by atoms with Crippen molar-refractivity contribution in [3.05, 3.63) is 23.7 Å². The van der Waals surface area contributed by atoms with Crippen LogP contribution in [0, 0.1) is 30.1 Å². The van der Waals surface area contributed by atoms with Gasteiger partial charge >= 0.3 is 0 Å². The summed E-state index contributed by atoms with van der Waals surface area (Å²) < 4.78 is 6.03. The maximum absolute atomic E-state index is 6.03. The second-order valence-corrected chi connectivity index (χ2v) is 7.72. The molecule has 4 bridgehead atoms. The lowest BCUT2D eigenvalue weighted by Gasteiger charge is -2.59. The van der Waals surface area contributed by atoms with Crippen molar-refractivity contribution in [1.82, 2.24) is 5.32 Å². The fourth-order valence-electron chi connectivity index (χ4n) is 5.96. The third-order valence-electron chi connectivity index (χ3n) is 6.15. The molecular formula is C18H27NO. The summed E-state index contributed by atoms with van der Waals surface area (Å²) in [6.45, 7) is 5.32. The highest BCUT2D eigenvalue weighted by atomic mass is 16.3. The van der Waals surface area contributed by atoms with Crippen LogP contribution in [0.15, 0.2) is 16.5 Å². The second-order valence-electron chi connectivity index (χ2n) is 7.72. The predicted molar refractivity (Wildman–Crippen MR) is 80.5 cm³/mol. The molecule has 1 aromatic heterocycles. The van der Waals surface area contributed by atoms with E-state index in [9.17, 15) is 0 Å². The Morgan fingerprint density at radius 1 is 1.15 bits per heavy atom. The average Bonchev–Trinajstić information content (AvgIpc) is 2.80. The maximum atomic E-state index is 6.03. The first-order chi connectivity index (χ1) is 9.68. The van der Waals surface area contributed by atoms with Crippen molar-refractivity contribution in [1.29, 1.82) is 0 Å². The lowest BCUT2D eigenvalue weighted by molar-refractivity contribution is -0.0782.